The summed E-state index contributed by atoms with van der Waals surface area (Å²) in [6.45, 7) is 3.70. The average molecular weight is 637 g/mol. The van der Waals surface area contributed by atoms with E-state index in [0.717, 1.165) is 58.1 Å². The molecule has 0 radical (unpaired) electrons. The number of carbonyl (C=O) groups excluding carboxylic acids is 1. The Morgan fingerprint density at radius 2 is 1.77 bits per heavy atom. The van der Waals surface area contributed by atoms with Crippen LogP contribution < -0.4 is 20.1 Å². The first-order chi connectivity index (χ1) is 22.8. The highest BCUT2D eigenvalue weighted by Crippen LogP contribution is 2.40. The lowest BCUT2D eigenvalue weighted by Crippen LogP contribution is -2.41. The molecule has 0 saturated heterocycles. The Bertz CT molecular complexity index is 1910. The number of anilines is 2. The van der Waals surface area contributed by atoms with Gasteiger partial charge in [-0.3, -0.25) is 14.7 Å². The molecule has 7 nitrogen and oxygen atoms in total. The first kappa shape index (κ1) is 31.9. The van der Waals surface area contributed by atoms with Gasteiger partial charge in [0.05, 0.1) is 19.7 Å². The van der Waals surface area contributed by atoms with Crippen molar-refractivity contribution in [2.75, 3.05) is 39.2 Å². The van der Waals surface area contributed by atoms with Crippen molar-refractivity contribution in [1.29, 1.82) is 0 Å². The highest BCUT2D eigenvalue weighted by Gasteiger charge is 2.29. The van der Waals surface area contributed by atoms with E-state index in [2.05, 4.69) is 20.5 Å². The van der Waals surface area contributed by atoms with Crippen molar-refractivity contribution < 1.29 is 23.0 Å². The minimum Gasteiger partial charge on any atom is -0.493 e. The van der Waals surface area contributed by atoms with Gasteiger partial charge in [-0.05, 0) is 104 Å². The Hall–Kier alpha value is -5.02. The number of pyridine rings is 1. The molecule has 0 saturated carbocycles. The topological polar surface area (TPSA) is 75.7 Å². The van der Waals surface area contributed by atoms with Gasteiger partial charge in [0.1, 0.15) is 11.6 Å². The van der Waals surface area contributed by atoms with Gasteiger partial charge in [0.2, 0.25) is 0 Å². The Morgan fingerprint density at radius 1 is 0.957 bits per heavy atom. The summed E-state index contributed by atoms with van der Waals surface area (Å²) >= 11 is 0. The minimum absolute atomic E-state index is 0.0932. The van der Waals surface area contributed by atoms with E-state index >= 15 is 0 Å². The maximum Gasteiger partial charge on any atom is 0.251 e. The van der Waals surface area contributed by atoms with Gasteiger partial charge < -0.3 is 20.1 Å². The predicted octanol–water partition coefficient (Wildman–Crippen LogP) is 7.54. The molecule has 2 heterocycles. The second-order valence-electron chi connectivity index (χ2n) is 11.8. The fraction of sp³-hybridized carbons (Fsp3) is 0.263. The number of methoxy groups -OCH3 is 2. The van der Waals surface area contributed by atoms with Crippen LogP contribution in [0.2, 0.25) is 0 Å². The van der Waals surface area contributed by atoms with Crippen LogP contribution in [-0.4, -0.2) is 49.6 Å². The van der Waals surface area contributed by atoms with Gasteiger partial charge in [-0.15, -0.1) is 0 Å². The monoisotopic (exact) mass is 636 g/mol. The Balaban J connectivity index is 1.16. The molecule has 9 heteroatoms. The molecule has 1 atom stereocenters. The van der Waals surface area contributed by atoms with Crippen LogP contribution in [0.4, 0.5) is 20.2 Å². The van der Waals surface area contributed by atoms with E-state index in [0.29, 0.717) is 48.6 Å². The summed E-state index contributed by atoms with van der Waals surface area (Å²) in [5.41, 5.74) is 6.62. The molecule has 47 heavy (non-hydrogen) atoms. The van der Waals surface area contributed by atoms with E-state index in [1.807, 2.05) is 67.6 Å². The first-order valence-corrected chi connectivity index (χ1v) is 15.8. The summed E-state index contributed by atoms with van der Waals surface area (Å²) < 4.78 is 39.6. The maximum atomic E-state index is 14.6. The number of amides is 1. The molecule has 0 spiro atoms. The molecular formula is C38H38F2N4O3. The van der Waals surface area contributed by atoms with Crippen molar-refractivity contribution in [3.05, 3.63) is 125 Å². The van der Waals surface area contributed by atoms with Gasteiger partial charge >= 0.3 is 0 Å². The number of para-hydroxylation sites is 1. The van der Waals surface area contributed by atoms with Gasteiger partial charge in [0.15, 0.2) is 11.5 Å². The third kappa shape index (κ3) is 7.20. The second-order valence-corrected chi connectivity index (χ2v) is 11.8. The maximum absolute atomic E-state index is 14.6. The third-order valence-corrected chi connectivity index (χ3v) is 8.74. The lowest BCUT2D eigenvalue weighted by atomic mass is 9.88. The number of hydrogen-bond acceptors (Lipinski definition) is 6. The number of benzene rings is 4. The lowest BCUT2D eigenvalue weighted by Gasteiger charge is -2.38. The number of hydrogen-bond donors (Lipinski definition) is 2. The SMILES string of the molecule is COc1cc2c(cc1OC)C(CCc1cc(F)ccc1F)N(CCNC(=O)c1cccc(Nc3cc(C)nc4ccccc34)c1)CC2. The molecule has 4 aromatic carbocycles. The molecule has 1 aromatic heterocycles. The smallest absolute Gasteiger partial charge is 0.251 e. The molecule has 0 fully saturated rings. The number of ether oxygens (including phenoxy) is 2. The summed E-state index contributed by atoms with van der Waals surface area (Å²) in [5.74, 6) is 0.224. The third-order valence-electron chi connectivity index (χ3n) is 8.74. The highest BCUT2D eigenvalue weighted by atomic mass is 19.1. The van der Waals surface area contributed by atoms with Gasteiger partial charge in [0, 0.05) is 53.7 Å². The second kappa shape index (κ2) is 14.2. The number of nitrogens with zero attached hydrogens (tertiary/aromatic N) is 2. The fourth-order valence-corrected chi connectivity index (χ4v) is 6.43. The van der Waals surface area contributed by atoms with Crippen molar-refractivity contribution in [3.8, 4) is 11.5 Å². The van der Waals surface area contributed by atoms with Gasteiger partial charge in [-0.1, -0.05) is 24.3 Å². The fourth-order valence-electron chi connectivity index (χ4n) is 6.43. The normalized spacial score (nSPS) is 14.4. The summed E-state index contributed by atoms with van der Waals surface area (Å²) in [6, 6.07) is 24.8. The van der Waals surface area contributed by atoms with Gasteiger partial charge in [-0.25, -0.2) is 8.78 Å². The molecule has 6 rings (SSSR count). The van der Waals surface area contributed by atoms with Crippen molar-refractivity contribution in [3.63, 3.8) is 0 Å². The van der Waals surface area contributed by atoms with Gasteiger partial charge in [0.25, 0.3) is 5.91 Å². The van der Waals surface area contributed by atoms with E-state index < -0.39 is 11.6 Å². The Kier molecular flexibility index (Phi) is 9.63. The van der Waals surface area contributed by atoms with Crippen LogP contribution >= 0.6 is 0 Å². The molecule has 0 bridgehead atoms. The predicted molar refractivity (Wildman–Crippen MR) is 181 cm³/mol. The van der Waals surface area contributed by atoms with E-state index in [4.69, 9.17) is 9.47 Å². The zero-order valence-corrected chi connectivity index (χ0v) is 26.8. The number of aromatic nitrogens is 1. The van der Waals surface area contributed by atoms with Crippen molar-refractivity contribution >= 4 is 28.2 Å². The Labute approximate surface area is 273 Å². The largest absolute Gasteiger partial charge is 0.493 e. The van der Waals surface area contributed by atoms with Crippen LogP contribution in [0.5, 0.6) is 11.5 Å². The minimum atomic E-state index is -0.458. The number of halogens is 2. The number of nitrogens with one attached hydrogen (secondary N) is 2. The number of rotatable bonds is 11. The molecule has 1 aliphatic rings. The molecule has 1 aliphatic heterocycles. The molecule has 5 aromatic rings. The van der Waals surface area contributed by atoms with Crippen molar-refractivity contribution in [1.82, 2.24) is 15.2 Å². The lowest BCUT2D eigenvalue weighted by molar-refractivity contribution is 0.0940. The van der Waals surface area contributed by atoms with Crippen LogP contribution in [0.1, 0.15) is 45.2 Å². The van der Waals surface area contributed by atoms with E-state index in [-0.39, 0.29) is 11.9 Å². The summed E-state index contributed by atoms with van der Waals surface area (Å²) in [6.07, 6.45) is 1.70. The standard InChI is InChI=1S/C38H38F2N4O3/c1-24-19-34(30-9-4-5-10-33(30)42-24)43-29-8-6-7-27(21-29)38(45)41-16-18-44-17-15-25-22-36(46-2)37(47-3)23-31(25)35(44)14-11-26-20-28(39)12-13-32(26)40/h4-10,12-13,19-23,35H,11,14-18H2,1-3H3,(H,41,45)(H,42,43). The van der Waals surface area contributed by atoms with Crippen LogP contribution in [0.25, 0.3) is 10.9 Å². The molecule has 242 valence electrons. The zero-order chi connectivity index (χ0) is 32.9. The molecule has 0 aliphatic carbocycles. The first-order valence-electron chi connectivity index (χ1n) is 15.8. The number of fused-ring (bicyclic) bond motifs is 2. The zero-order valence-electron chi connectivity index (χ0n) is 26.8. The highest BCUT2D eigenvalue weighted by molar-refractivity contribution is 5.96. The van der Waals surface area contributed by atoms with Gasteiger partial charge in [-0.2, -0.15) is 0 Å². The quantitative estimate of drug-likeness (QED) is 0.156. The number of carbonyl (C=O) groups is 1. The molecule has 2 N–H and O–H groups in total. The molecular weight excluding hydrogens is 598 g/mol. The molecule has 1 unspecified atom stereocenters. The number of aryl methyl sites for hydroxylation is 2. The van der Waals surface area contributed by atoms with Crippen molar-refractivity contribution in [2.45, 2.75) is 32.2 Å². The van der Waals surface area contributed by atoms with Crippen molar-refractivity contribution in [2.24, 2.45) is 0 Å². The van der Waals surface area contributed by atoms with E-state index in [1.54, 1.807) is 20.3 Å². The Morgan fingerprint density at radius 3 is 2.60 bits per heavy atom. The van der Waals surface area contributed by atoms with E-state index in [1.165, 1.54) is 12.1 Å². The van der Waals surface area contributed by atoms with Crippen LogP contribution in [0.15, 0.2) is 84.9 Å². The molecule has 1 amide bonds. The average Bonchev–Trinajstić information content (AvgIpc) is 3.08. The summed E-state index contributed by atoms with van der Waals surface area (Å²) in [7, 11) is 3.21. The summed E-state index contributed by atoms with van der Waals surface area (Å²) in [4.78, 5) is 20.2. The van der Waals surface area contributed by atoms with Crippen LogP contribution in [0.3, 0.4) is 0 Å². The summed E-state index contributed by atoms with van der Waals surface area (Å²) in [5, 5.41) is 7.54. The van der Waals surface area contributed by atoms with Crippen LogP contribution in [0, 0.1) is 18.6 Å². The van der Waals surface area contributed by atoms with E-state index in [9.17, 15) is 13.6 Å². The van der Waals surface area contributed by atoms with Crippen LogP contribution in [-0.2, 0) is 12.8 Å².